The summed E-state index contributed by atoms with van der Waals surface area (Å²) in [4.78, 5) is 19.4. The number of carbonyl (C=O) groups is 1. The molecule has 0 atom stereocenters. The number of hydrogen-bond donors (Lipinski definition) is 1. The van der Waals surface area contributed by atoms with Crippen LogP contribution in [0.25, 0.3) is 0 Å². The maximum absolute atomic E-state index is 10.7. The molecule has 0 aliphatic heterocycles. The molecule has 0 saturated heterocycles. The van der Waals surface area contributed by atoms with Gasteiger partial charge in [0.25, 0.3) is 0 Å². The first-order valence-corrected chi connectivity index (χ1v) is 5.95. The number of aromatic carboxylic acids is 1. The van der Waals surface area contributed by atoms with Crippen LogP contribution in [0, 0.1) is 0 Å². The zero-order valence-electron chi connectivity index (χ0n) is 8.91. The van der Waals surface area contributed by atoms with Crippen LogP contribution in [0.3, 0.4) is 0 Å². The van der Waals surface area contributed by atoms with Crippen molar-refractivity contribution in [3.8, 4) is 0 Å². The SMILES string of the molecule is O=C(O)c1cc(SCc2cccnc2)ccn1. The van der Waals surface area contributed by atoms with E-state index >= 15 is 0 Å². The molecule has 17 heavy (non-hydrogen) atoms. The second kappa shape index (κ2) is 5.45. The highest BCUT2D eigenvalue weighted by Gasteiger charge is 2.05. The van der Waals surface area contributed by atoms with Crippen molar-refractivity contribution in [1.29, 1.82) is 0 Å². The maximum atomic E-state index is 10.7. The van der Waals surface area contributed by atoms with Crippen LogP contribution in [-0.4, -0.2) is 21.0 Å². The quantitative estimate of drug-likeness (QED) is 0.839. The molecular formula is C12H10N2O2S. The zero-order chi connectivity index (χ0) is 12.1. The minimum absolute atomic E-state index is 0.0705. The van der Waals surface area contributed by atoms with Crippen molar-refractivity contribution in [2.24, 2.45) is 0 Å². The van der Waals surface area contributed by atoms with Crippen LogP contribution in [0.5, 0.6) is 0 Å². The summed E-state index contributed by atoms with van der Waals surface area (Å²) >= 11 is 1.56. The first kappa shape index (κ1) is 11.6. The molecule has 0 aliphatic rings. The second-order valence-electron chi connectivity index (χ2n) is 3.33. The molecule has 0 fully saturated rings. The molecule has 0 spiro atoms. The van der Waals surface area contributed by atoms with Gasteiger partial charge in [-0.3, -0.25) is 4.98 Å². The molecule has 86 valence electrons. The first-order chi connectivity index (χ1) is 8.25. The number of nitrogens with zero attached hydrogens (tertiary/aromatic N) is 2. The smallest absolute Gasteiger partial charge is 0.354 e. The lowest BCUT2D eigenvalue weighted by Gasteiger charge is -2.02. The van der Waals surface area contributed by atoms with E-state index < -0.39 is 5.97 Å². The van der Waals surface area contributed by atoms with Crippen molar-refractivity contribution in [1.82, 2.24) is 9.97 Å². The maximum Gasteiger partial charge on any atom is 0.354 e. The lowest BCUT2D eigenvalue weighted by molar-refractivity contribution is 0.0690. The summed E-state index contributed by atoms with van der Waals surface area (Å²) in [5.41, 5.74) is 1.17. The molecule has 0 aliphatic carbocycles. The van der Waals surface area contributed by atoms with Gasteiger partial charge in [0.1, 0.15) is 5.69 Å². The molecule has 0 radical (unpaired) electrons. The largest absolute Gasteiger partial charge is 0.477 e. The predicted molar refractivity (Wildman–Crippen MR) is 65.0 cm³/mol. The van der Waals surface area contributed by atoms with Crippen molar-refractivity contribution >= 4 is 17.7 Å². The highest BCUT2D eigenvalue weighted by Crippen LogP contribution is 2.22. The van der Waals surface area contributed by atoms with Crippen LogP contribution in [0.1, 0.15) is 16.1 Å². The van der Waals surface area contributed by atoms with E-state index in [2.05, 4.69) is 9.97 Å². The Morgan fingerprint density at radius 1 is 1.35 bits per heavy atom. The Balaban J connectivity index is 2.04. The molecule has 2 rings (SSSR count). The van der Waals surface area contributed by atoms with E-state index in [9.17, 15) is 4.79 Å². The van der Waals surface area contributed by atoms with Crippen molar-refractivity contribution < 1.29 is 9.90 Å². The molecule has 0 saturated carbocycles. The number of hydrogen-bond acceptors (Lipinski definition) is 4. The van der Waals surface area contributed by atoms with Crippen molar-refractivity contribution in [2.75, 3.05) is 0 Å². The van der Waals surface area contributed by atoms with Crippen molar-refractivity contribution in [2.45, 2.75) is 10.6 Å². The van der Waals surface area contributed by atoms with E-state index in [0.717, 1.165) is 16.2 Å². The molecule has 1 N–H and O–H groups in total. The van der Waals surface area contributed by atoms with Gasteiger partial charge >= 0.3 is 5.97 Å². The minimum Gasteiger partial charge on any atom is -0.477 e. The fourth-order valence-electron chi connectivity index (χ4n) is 1.27. The van der Waals surface area contributed by atoms with Gasteiger partial charge < -0.3 is 5.11 Å². The average Bonchev–Trinajstić information content (AvgIpc) is 2.38. The van der Waals surface area contributed by atoms with Gasteiger partial charge in [0.2, 0.25) is 0 Å². The number of thioether (sulfide) groups is 1. The van der Waals surface area contributed by atoms with E-state index in [1.165, 1.54) is 6.20 Å². The number of carboxylic acid groups (broad SMARTS) is 1. The summed E-state index contributed by atoms with van der Waals surface area (Å²) < 4.78 is 0. The van der Waals surface area contributed by atoms with Crippen molar-refractivity contribution in [3.63, 3.8) is 0 Å². The highest BCUT2D eigenvalue weighted by molar-refractivity contribution is 7.98. The standard InChI is InChI=1S/C12H10N2O2S/c15-12(16)11-6-10(3-5-14-11)17-8-9-2-1-4-13-7-9/h1-7H,8H2,(H,15,16). The van der Waals surface area contributed by atoms with E-state index in [0.29, 0.717) is 0 Å². The third-order valence-electron chi connectivity index (χ3n) is 2.08. The van der Waals surface area contributed by atoms with Crippen LogP contribution >= 0.6 is 11.8 Å². The molecular weight excluding hydrogens is 236 g/mol. The molecule has 0 aromatic carbocycles. The van der Waals surface area contributed by atoms with Gasteiger partial charge in [-0.15, -0.1) is 11.8 Å². The Hall–Kier alpha value is -1.88. The summed E-state index contributed by atoms with van der Waals surface area (Å²) in [5.74, 6) is -0.245. The summed E-state index contributed by atoms with van der Waals surface area (Å²) in [6.45, 7) is 0. The minimum atomic E-state index is -1.01. The second-order valence-corrected chi connectivity index (χ2v) is 4.38. The van der Waals surface area contributed by atoms with Gasteiger partial charge in [-0.2, -0.15) is 0 Å². The van der Waals surface area contributed by atoms with Crippen LogP contribution in [0.2, 0.25) is 0 Å². The third-order valence-corrected chi connectivity index (χ3v) is 3.14. The van der Waals surface area contributed by atoms with Crippen molar-refractivity contribution in [3.05, 3.63) is 54.1 Å². The summed E-state index contributed by atoms with van der Waals surface area (Å²) in [6.07, 6.45) is 5.03. The van der Waals surface area contributed by atoms with Gasteiger partial charge in [0, 0.05) is 29.2 Å². The van der Waals surface area contributed by atoms with Gasteiger partial charge in [-0.25, -0.2) is 9.78 Å². The fourth-order valence-corrected chi connectivity index (χ4v) is 2.12. The van der Waals surface area contributed by atoms with Crippen LogP contribution in [-0.2, 0) is 5.75 Å². The highest BCUT2D eigenvalue weighted by atomic mass is 32.2. The Kier molecular flexibility index (Phi) is 3.72. The molecule has 0 bridgehead atoms. The normalized spacial score (nSPS) is 10.1. The number of pyridine rings is 2. The Morgan fingerprint density at radius 2 is 2.24 bits per heavy atom. The van der Waals surface area contributed by atoms with E-state index in [1.807, 2.05) is 12.1 Å². The molecule has 0 unspecified atom stereocenters. The molecule has 2 aromatic heterocycles. The lowest BCUT2D eigenvalue weighted by Crippen LogP contribution is -1.99. The number of carboxylic acids is 1. The zero-order valence-corrected chi connectivity index (χ0v) is 9.72. The summed E-state index contributed by atoms with van der Waals surface area (Å²) in [7, 11) is 0. The number of rotatable bonds is 4. The van der Waals surface area contributed by atoms with E-state index in [1.54, 1.807) is 36.3 Å². The third kappa shape index (κ3) is 3.29. The Labute approximate surface area is 103 Å². The van der Waals surface area contributed by atoms with Gasteiger partial charge in [-0.1, -0.05) is 6.07 Å². The molecule has 2 aromatic rings. The van der Waals surface area contributed by atoms with Crippen LogP contribution < -0.4 is 0 Å². The van der Waals surface area contributed by atoms with E-state index in [4.69, 9.17) is 5.11 Å². The Bertz CT molecular complexity index is 517. The van der Waals surface area contributed by atoms with Gasteiger partial charge in [0.05, 0.1) is 0 Å². The lowest BCUT2D eigenvalue weighted by atomic mass is 10.3. The van der Waals surface area contributed by atoms with E-state index in [-0.39, 0.29) is 5.69 Å². The van der Waals surface area contributed by atoms with Crippen LogP contribution in [0.4, 0.5) is 0 Å². The molecule has 2 heterocycles. The molecule has 4 nitrogen and oxygen atoms in total. The van der Waals surface area contributed by atoms with Gasteiger partial charge in [-0.05, 0) is 23.8 Å². The molecule has 5 heteroatoms. The predicted octanol–water partition coefficient (Wildman–Crippen LogP) is 2.47. The summed E-state index contributed by atoms with van der Waals surface area (Å²) in [6, 6.07) is 7.24. The monoisotopic (exact) mass is 246 g/mol. The first-order valence-electron chi connectivity index (χ1n) is 4.97. The Morgan fingerprint density at radius 3 is 2.94 bits per heavy atom. The fraction of sp³-hybridized carbons (Fsp3) is 0.0833. The van der Waals surface area contributed by atoms with Crippen LogP contribution in [0.15, 0.2) is 47.8 Å². The molecule has 0 amide bonds. The number of aromatic nitrogens is 2. The average molecular weight is 246 g/mol. The summed E-state index contributed by atoms with van der Waals surface area (Å²) in [5, 5.41) is 8.81. The van der Waals surface area contributed by atoms with Gasteiger partial charge in [0.15, 0.2) is 0 Å². The topological polar surface area (TPSA) is 63.1 Å².